The summed E-state index contributed by atoms with van der Waals surface area (Å²) in [6.45, 7) is 0.252. The number of hydrogen-bond donors (Lipinski definition) is 4. The van der Waals surface area contributed by atoms with Crippen molar-refractivity contribution in [2.75, 3.05) is 13.1 Å². The van der Waals surface area contributed by atoms with Gasteiger partial charge in [-0.25, -0.2) is 0 Å². The minimum atomic E-state index is -0.577. The van der Waals surface area contributed by atoms with Crippen molar-refractivity contribution in [1.82, 2.24) is 10.6 Å². The van der Waals surface area contributed by atoms with Crippen LogP contribution >= 0.6 is 0 Å². The molecule has 6 nitrogen and oxygen atoms in total. The van der Waals surface area contributed by atoms with Crippen molar-refractivity contribution in [2.24, 2.45) is 5.73 Å². The molecule has 0 saturated carbocycles. The van der Waals surface area contributed by atoms with Crippen molar-refractivity contribution in [3.05, 3.63) is 0 Å². The monoisotopic (exact) mass is 187 g/mol. The standard InChI is InChI=1S/C7H13N3O3/c8-6(12)3-10-7(13)5-1-4(11)2-9-5/h4-5,9,11H,1-3H2,(H2,8,12)(H,10,13)/t4-,5+/m0/s1. The van der Waals surface area contributed by atoms with Crippen LogP contribution in [0.25, 0.3) is 0 Å². The summed E-state index contributed by atoms with van der Waals surface area (Å²) >= 11 is 0. The number of hydrogen-bond acceptors (Lipinski definition) is 4. The molecule has 0 spiro atoms. The van der Waals surface area contributed by atoms with E-state index in [1.165, 1.54) is 0 Å². The summed E-state index contributed by atoms with van der Waals surface area (Å²) in [7, 11) is 0. The molecule has 2 atom stereocenters. The molecule has 0 aromatic carbocycles. The van der Waals surface area contributed by atoms with Crippen molar-refractivity contribution in [2.45, 2.75) is 18.6 Å². The van der Waals surface area contributed by atoms with Gasteiger partial charge in [0.1, 0.15) is 0 Å². The second kappa shape index (κ2) is 4.20. The van der Waals surface area contributed by atoms with E-state index in [1.54, 1.807) is 0 Å². The highest BCUT2D eigenvalue weighted by Crippen LogP contribution is 2.05. The van der Waals surface area contributed by atoms with Gasteiger partial charge in [0.15, 0.2) is 0 Å². The predicted octanol–water partition coefficient (Wildman–Crippen LogP) is -2.69. The summed E-state index contributed by atoms with van der Waals surface area (Å²) in [5.41, 5.74) is 4.84. The highest BCUT2D eigenvalue weighted by Gasteiger charge is 2.27. The number of carbonyl (C=O) groups is 2. The summed E-state index contributed by atoms with van der Waals surface area (Å²) in [5.74, 6) is -0.873. The predicted molar refractivity (Wildman–Crippen MR) is 44.6 cm³/mol. The third kappa shape index (κ3) is 3.00. The molecule has 2 amide bonds. The molecular formula is C7H13N3O3. The van der Waals surface area contributed by atoms with Crippen LogP contribution in [0.3, 0.4) is 0 Å². The third-order valence-corrected chi connectivity index (χ3v) is 1.86. The normalized spacial score (nSPS) is 27.2. The van der Waals surface area contributed by atoms with Gasteiger partial charge in [-0.3, -0.25) is 9.59 Å². The lowest BCUT2D eigenvalue weighted by Gasteiger charge is -2.08. The van der Waals surface area contributed by atoms with Crippen LogP contribution in [0.15, 0.2) is 0 Å². The Morgan fingerprint density at radius 3 is 2.77 bits per heavy atom. The molecule has 0 aliphatic carbocycles. The average Bonchev–Trinajstić information content (AvgIpc) is 2.47. The average molecular weight is 187 g/mol. The number of nitrogens with two attached hydrogens (primary N) is 1. The molecule has 0 aromatic rings. The van der Waals surface area contributed by atoms with Gasteiger partial charge in [0.05, 0.1) is 18.7 Å². The SMILES string of the molecule is NC(=O)CNC(=O)[C@H]1C[C@H](O)CN1. The second-order valence-electron chi connectivity index (χ2n) is 3.03. The topological polar surface area (TPSA) is 104 Å². The number of carbonyl (C=O) groups excluding carboxylic acids is 2. The molecule has 1 rings (SSSR count). The maximum atomic E-state index is 11.2. The Morgan fingerprint density at radius 2 is 2.31 bits per heavy atom. The van der Waals surface area contributed by atoms with Gasteiger partial charge >= 0.3 is 0 Å². The minimum Gasteiger partial charge on any atom is -0.392 e. The fourth-order valence-electron chi connectivity index (χ4n) is 1.21. The number of amides is 2. The van der Waals surface area contributed by atoms with Gasteiger partial charge in [0.25, 0.3) is 0 Å². The molecule has 0 bridgehead atoms. The molecule has 1 saturated heterocycles. The summed E-state index contributed by atoms with van der Waals surface area (Å²) in [5, 5.41) is 14.3. The lowest BCUT2D eigenvalue weighted by molar-refractivity contribution is -0.126. The maximum Gasteiger partial charge on any atom is 0.237 e. The Balaban J connectivity index is 2.27. The van der Waals surface area contributed by atoms with Crippen LogP contribution in [-0.2, 0) is 9.59 Å². The number of β-amino-alcohol motifs (C(OH)–C–C–N with tert-alkyl or cyclic N) is 1. The molecule has 1 heterocycles. The number of aliphatic hydroxyl groups excluding tert-OH is 1. The first-order chi connectivity index (χ1) is 6.09. The second-order valence-corrected chi connectivity index (χ2v) is 3.03. The Bertz CT molecular complexity index is 219. The number of nitrogens with one attached hydrogen (secondary N) is 2. The smallest absolute Gasteiger partial charge is 0.237 e. The Hall–Kier alpha value is -1.14. The maximum absolute atomic E-state index is 11.2. The van der Waals surface area contributed by atoms with Gasteiger partial charge in [-0.2, -0.15) is 0 Å². The molecule has 13 heavy (non-hydrogen) atoms. The summed E-state index contributed by atoms with van der Waals surface area (Å²) < 4.78 is 0. The summed E-state index contributed by atoms with van der Waals surface area (Å²) in [6, 6.07) is -0.408. The van der Waals surface area contributed by atoms with E-state index in [-0.39, 0.29) is 12.5 Å². The fourth-order valence-corrected chi connectivity index (χ4v) is 1.21. The molecule has 74 valence electrons. The Morgan fingerprint density at radius 1 is 1.62 bits per heavy atom. The highest BCUT2D eigenvalue weighted by molar-refractivity contribution is 5.86. The third-order valence-electron chi connectivity index (χ3n) is 1.86. The van der Waals surface area contributed by atoms with E-state index in [0.717, 1.165) is 0 Å². The van der Waals surface area contributed by atoms with E-state index < -0.39 is 18.1 Å². The first kappa shape index (κ1) is 9.94. The van der Waals surface area contributed by atoms with Crippen LogP contribution in [0.1, 0.15) is 6.42 Å². The molecule has 0 unspecified atom stereocenters. The van der Waals surface area contributed by atoms with Crippen LogP contribution < -0.4 is 16.4 Å². The zero-order chi connectivity index (χ0) is 9.84. The molecule has 1 aliphatic rings. The zero-order valence-corrected chi connectivity index (χ0v) is 7.12. The lowest BCUT2D eigenvalue weighted by Crippen LogP contribution is -2.43. The zero-order valence-electron chi connectivity index (χ0n) is 7.12. The largest absolute Gasteiger partial charge is 0.392 e. The molecule has 0 radical (unpaired) electrons. The molecule has 0 aromatic heterocycles. The molecule has 1 aliphatic heterocycles. The van der Waals surface area contributed by atoms with Crippen molar-refractivity contribution in [1.29, 1.82) is 0 Å². The highest BCUT2D eigenvalue weighted by atomic mass is 16.3. The van der Waals surface area contributed by atoms with Crippen molar-refractivity contribution in [3.8, 4) is 0 Å². The van der Waals surface area contributed by atoms with Crippen molar-refractivity contribution in [3.63, 3.8) is 0 Å². The Labute approximate surface area is 75.5 Å². The van der Waals surface area contributed by atoms with Gasteiger partial charge in [-0.15, -0.1) is 0 Å². The van der Waals surface area contributed by atoms with Crippen LogP contribution in [0.2, 0.25) is 0 Å². The van der Waals surface area contributed by atoms with E-state index in [2.05, 4.69) is 10.6 Å². The summed E-state index contributed by atoms with van der Waals surface area (Å²) in [4.78, 5) is 21.5. The van der Waals surface area contributed by atoms with Crippen LogP contribution in [0.5, 0.6) is 0 Å². The molecule has 1 fully saturated rings. The van der Waals surface area contributed by atoms with Crippen molar-refractivity contribution < 1.29 is 14.7 Å². The molecule has 5 N–H and O–H groups in total. The fraction of sp³-hybridized carbons (Fsp3) is 0.714. The van der Waals surface area contributed by atoms with E-state index >= 15 is 0 Å². The number of aliphatic hydroxyl groups is 1. The van der Waals surface area contributed by atoms with Gasteiger partial charge in [-0.05, 0) is 6.42 Å². The quantitative estimate of drug-likeness (QED) is 0.386. The van der Waals surface area contributed by atoms with E-state index in [4.69, 9.17) is 10.8 Å². The summed E-state index contributed by atoms with van der Waals surface area (Å²) in [6.07, 6.45) is -0.103. The van der Waals surface area contributed by atoms with Gasteiger partial charge < -0.3 is 21.5 Å². The number of rotatable bonds is 3. The van der Waals surface area contributed by atoms with Gasteiger partial charge in [0, 0.05) is 6.54 Å². The van der Waals surface area contributed by atoms with Gasteiger partial charge in [0.2, 0.25) is 11.8 Å². The van der Waals surface area contributed by atoms with Gasteiger partial charge in [-0.1, -0.05) is 0 Å². The molecular weight excluding hydrogens is 174 g/mol. The van der Waals surface area contributed by atoms with Crippen LogP contribution in [0.4, 0.5) is 0 Å². The first-order valence-electron chi connectivity index (χ1n) is 4.07. The Kier molecular flexibility index (Phi) is 3.21. The van der Waals surface area contributed by atoms with Crippen LogP contribution in [-0.4, -0.2) is 42.2 Å². The lowest BCUT2D eigenvalue weighted by atomic mass is 10.2. The van der Waals surface area contributed by atoms with E-state index in [9.17, 15) is 9.59 Å². The first-order valence-corrected chi connectivity index (χ1v) is 4.07. The van der Waals surface area contributed by atoms with E-state index in [0.29, 0.717) is 13.0 Å². The number of primary amides is 1. The van der Waals surface area contributed by atoms with Crippen LogP contribution in [0, 0.1) is 0 Å². The molecule has 6 heteroatoms. The van der Waals surface area contributed by atoms with E-state index in [1.807, 2.05) is 0 Å². The van der Waals surface area contributed by atoms with Crippen molar-refractivity contribution >= 4 is 11.8 Å². The minimum absolute atomic E-state index is 0.160.